The number of hydrogen-bond donors (Lipinski definition) is 6. The van der Waals surface area contributed by atoms with Crippen LogP contribution in [-0.4, -0.2) is 126 Å². The van der Waals surface area contributed by atoms with E-state index in [9.17, 15) is 34.5 Å². The summed E-state index contributed by atoms with van der Waals surface area (Å²) < 4.78 is 23.5. The first kappa shape index (κ1) is 56.7. The number of carbonyl (C=O) groups excluding carboxylic acids is 4. The van der Waals surface area contributed by atoms with Gasteiger partial charge >= 0.3 is 0 Å². The van der Waals surface area contributed by atoms with Crippen molar-refractivity contribution in [3.05, 3.63) is 143 Å². The summed E-state index contributed by atoms with van der Waals surface area (Å²) in [6, 6.07) is 32.3. The topological polar surface area (TPSA) is 230 Å². The summed E-state index contributed by atoms with van der Waals surface area (Å²) in [6.45, 7) is 10.5. The lowest BCUT2D eigenvalue weighted by Gasteiger charge is -2.35. The van der Waals surface area contributed by atoms with Crippen LogP contribution in [0.2, 0.25) is 0 Å². The summed E-state index contributed by atoms with van der Waals surface area (Å²) >= 11 is 3.11. The molecule has 17 nitrogen and oxygen atoms in total. The van der Waals surface area contributed by atoms with E-state index in [4.69, 9.17) is 18.9 Å². The molecule has 3 heterocycles. The third-order valence-electron chi connectivity index (χ3n) is 13.0. The molecule has 1 fully saturated rings. The number of carbonyl (C=O) groups is 4. The maximum atomic E-state index is 14.0. The summed E-state index contributed by atoms with van der Waals surface area (Å²) in [7, 11) is 0. The number of aromatic nitrogens is 1. The number of benzene rings is 5. The number of aliphatic hydroxyl groups is 1. The van der Waals surface area contributed by atoms with Gasteiger partial charge in [-0.15, -0.1) is 22.7 Å². The van der Waals surface area contributed by atoms with E-state index in [1.807, 2.05) is 107 Å². The molecule has 1 saturated heterocycles. The highest BCUT2D eigenvalue weighted by Gasteiger charge is 2.44. The molecule has 408 valence electrons. The van der Waals surface area contributed by atoms with Crippen LogP contribution in [0, 0.1) is 12.3 Å². The van der Waals surface area contributed by atoms with Gasteiger partial charge in [-0.05, 0) is 126 Å². The number of aryl methyl sites for hydroxylation is 1. The molecule has 4 amide bonds. The number of rotatable bonds is 23. The molecule has 1 aliphatic heterocycles. The highest BCUT2D eigenvalue weighted by molar-refractivity contribution is 7.23. The number of amides is 4. The second-order valence-electron chi connectivity index (χ2n) is 19.9. The van der Waals surface area contributed by atoms with Crippen LogP contribution in [0.4, 0.5) is 0 Å². The number of likely N-dealkylation sites (tertiary alicyclic amines) is 1. The zero-order valence-corrected chi connectivity index (χ0v) is 45.7. The van der Waals surface area contributed by atoms with E-state index < -0.39 is 35.4 Å². The van der Waals surface area contributed by atoms with Crippen LogP contribution >= 0.6 is 22.7 Å². The molecule has 4 atom stereocenters. The first-order chi connectivity index (χ1) is 37.5. The van der Waals surface area contributed by atoms with Crippen LogP contribution in [0.3, 0.4) is 0 Å². The predicted octanol–water partition coefficient (Wildman–Crippen LogP) is 8.64. The minimum atomic E-state index is -0.988. The number of thiophene rings is 1. The number of nitrogens with zero attached hydrogens (tertiary/aromatic N) is 3. The molecule has 5 aromatic carbocycles. The number of thiazole rings is 1. The zero-order chi connectivity index (χ0) is 55.3. The number of fused-ring (bicyclic) bond motifs is 1. The molecule has 0 spiro atoms. The lowest BCUT2D eigenvalue weighted by atomic mass is 9.85. The Bertz CT molecular complexity index is 3190. The minimum Gasteiger partial charge on any atom is -0.508 e. The molecule has 78 heavy (non-hydrogen) atoms. The van der Waals surface area contributed by atoms with E-state index in [1.165, 1.54) is 11.1 Å². The number of hydrogen-bond acceptors (Lipinski definition) is 15. The molecule has 1 aliphatic rings. The molecule has 0 saturated carbocycles. The van der Waals surface area contributed by atoms with Crippen molar-refractivity contribution < 1.29 is 53.4 Å². The third kappa shape index (κ3) is 14.7. The molecule has 0 bridgehead atoms. The van der Waals surface area contributed by atoms with Gasteiger partial charge in [0.05, 0.1) is 67.5 Å². The lowest BCUT2D eigenvalue weighted by Crippen LogP contribution is -2.58. The van der Waals surface area contributed by atoms with E-state index in [0.717, 1.165) is 58.9 Å². The average Bonchev–Trinajstić information content (AvgIpc) is 4.20. The molecule has 19 heteroatoms. The van der Waals surface area contributed by atoms with Crippen molar-refractivity contribution in [3.63, 3.8) is 0 Å². The summed E-state index contributed by atoms with van der Waals surface area (Å²) in [6.07, 6.45) is 0.725. The summed E-state index contributed by atoms with van der Waals surface area (Å²) in [5, 5.41) is 41.5. The number of hydrazone groups is 1. The fourth-order valence-corrected chi connectivity index (χ4v) is 11.0. The van der Waals surface area contributed by atoms with Crippen LogP contribution in [0.1, 0.15) is 67.3 Å². The zero-order valence-electron chi connectivity index (χ0n) is 44.1. The number of phenols is 2. The molecule has 2 aromatic heterocycles. The number of β-amino-alcohol motifs (C(OH)–C–C–N with tert-alkyl or cyclic N) is 1. The molecular weight excluding hydrogens is 1030 g/mol. The molecular formula is C59H64N6O11S2. The van der Waals surface area contributed by atoms with Gasteiger partial charge in [-0.2, -0.15) is 5.10 Å². The smallest absolute Gasteiger partial charge is 0.271 e. The summed E-state index contributed by atoms with van der Waals surface area (Å²) in [5.74, 6) is -0.736. The van der Waals surface area contributed by atoms with Crippen LogP contribution in [0.25, 0.3) is 42.1 Å². The highest BCUT2D eigenvalue weighted by Crippen LogP contribution is 2.46. The Morgan fingerprint density at radius 3 is 2.08 bits per heavy atom. The van der Waals surface area contributed by atoms with Gasteiger partial charge in [-0.25, -0.2) is 10.4 Å². The third-order valence-corrected chi connectivity index (χ3v) is 15.2. The molecule has 0 radical (unpaired) electrons. The SMILES string of the molecule is Cc1ncsc1-c1ccc(C(C)NC(=O)C2CC(O)CN2C(=O)C(NC(=O)COCCOCCOCCOc2ccc(C=NNC(=O)c3ccc(-c4c(-c5ccc(O)cc5)sc5cc(O)ccc45)cc3)cc2)C(C)(C)C)cc1. The minimum absolute atomic E-state index is 0.0338. The fraction of sp³-hybridized carbons (Fsp3) is 0.322. The number of aliphatic hydroxyl groups excluding tert-OH is 1. The van der Waals surface area contributed by atoms with Crippen molar-refractivity contribution in [2.45, 2.75) is 65.3 Å². The van der Waals surface area contributed by atoms with E-state index in [1.54, 1.807) is 71.2 Å². The molecule has 8 rings (SSSR count). The van der Waals surface area contributed by atoms with Gasteiger partial charge in [-0.3, -0.25) is 19.2 Å². The lowest BCUT2D eigenvalue weighted by molar-refractivity contribution is -0.144. The summed E-state index contributed by atoms with van der Waals surface area (Å²) in [4.78, 5) is 61.5. The standard InChI is InChI=1S/C59H64N6O11S2/c1-36(39-8-12-41(13-9-39)53-37(2)60-35-77-53)62-57(71)49-30-46(68)33-65(49)58(72)55(59(3,4)5)63-51(69)34-75-27-26-73-24-25-74-28-29-76-47-21-6-38(7-22-47)32-61-64-56(70)43-14-10-40(11-15-43)52-48-23-20-45(67)31-50(48)78-54(52)42-16-18-44(66)19-17-42/h6-23,31-32,35-36,46,49,55,66-68H,24-30,33-34H2,1-5H3,(H,62,71)(H,63,69)(H,64,70). The number of phenolic OH excluding ortho intramolecular Hbond substituents is 2. The van der Waals surface area contributed by atoms with Crippen molar-refractivity contribution in [1.29, 1.82) is 0 Å². The first-order valence-electron chi connectivity index (χ1n) is 25.6. The molecule has 6 N–H and O–H groups in total. The second-order valence-corrected chi connectivity index (χ2v) is 21.8. The first-order valence-corrected chi connectivity index (χ1v) is 27.3. The van der Waals surface area contributed by atoms with Gasteiger partial charge in [0.1, 0.15) is 42.5 Å². The Morgan fingerprint density at radius 1 is 0.782 bits per heavy atom. The van der Waals surface area contributed by atoms with Crippen molar-refractivity contribution >= 4 is 62.6 Å². The van der Waals surface area contributed by atoms with Crippen LogP contribution in [0.5, 0.6) is 17.2 Å². The van der Waals surface area contributed by atoms with Crippen LogP contribution < -0.4 is 20.8 Å². The Balaban J connectivity index is 0.690. The molecule has 7 aromatic rings. The van der Waals surface area contributed by atoms with Crippen LogP contribution in [0.15, 0.2) is 126 Å². The van der Waals surface area contributed by atoms with Crippen LogP contribution in [-0.2, 0) is 28.6 Å². The maximum Gasteiger partial charge on any atom is 0.271 e. The van der Waals surface area contributed by atoms with Gasteiger partial charge in [-0.1, -0.05) is 57.2 Å². The largest absolute Gasteiger partial charge is 0.508 e. The predicted molar refractivity (Wildman–Crippen MR) is 302 cm³/mol. The quantitative estimate of drug-likeness (QED) is 0.0201. The van der Waals surface area contributed by atoms with Gasteiger partial charge in [0.25, 0.3) is 5.91 Å². The highest BCUT2D eigenvalue weighted by atomic mass is 32.1. The van der Waals surface area contributed by atoms with Crippen molar-refractivity contribution in [1.82, 2.24) is 25.9 Å². The second kappa shape index (κ2) is 26.2. The average molecular weight is 1100 g/mol. The Labute approximate surface area is 460 Å². The van der Waals surface area contributed by atoms with E-state index in [2.05, 4.69) is 26.1 Å². The Hall–Kier alpha value is -7.52. The van der Waals surface area contributed by atoms with E-state index >= 15 is 0 Å². The van der Waals surface area contributed by atoms with E-state index in [-0.39, 0.29) is 62.1 Å². The Morgan fingerprint density at radius 2 is 1.41 bits per heavy atom. The maximum absolute atomic E-state index is 14.0. The Kier molecular flexibility index (Phi) is 19.1. The van der Waals surface area contributed by atoms with Gasteiger partial charge in [0.15, 0.2) is 0 Å². The van der Waals surface area contributed by atoms with Crippen molar-refractivity contribution in [3.8, 4) is 49.3 Å². The number of nitrogens with one attached hydrogen (secondary N) is 3. The fourth-order valence-electron chi connectivity index (χ4n) is 8.90. The normalized spacial score (nSPS) is 15.3. The number of aromatic hydroxyl groups is 2. The van der Waals surface area contributed by atoms with Crippen molar-refractivity contribution in [2.75, 3.05) is 52.8 Å². The monoisotopic (exact) mass is 1100 g/mol. The number of ether oxygens (including phenoxy) is 4. The van der Waals surface area contributed by atoms with Gasteiger partial charge < -0.3 is 49.8 Å². The van der Waals surface area contributed by atoms with E-state index in [0.29, 0.717) is 37.7 Å². The van der Waals surface area contributed by atoms with Gasteiger partial charge in [0, 0.05) is 39.1 Å². The van der Waals surface area contributed by atoms with Gasteiger partial charge in [0.2, 0.25) is 17.7 Å². The molecule has 0 aliphatic carbocycles. The molecule has 4 unspecified atom stereocenters. The van der Waals surface area contributed by atoms with Crippen molar-refractivity contribution in [2.24, 2.45) is 10.5 Å². The summed E-state index contributed by atoms with van der Waals surface area (Å²) in [5.41, 5.74) is 10.5.